The molecule has 1 aromatic heterocycles. The van der Waals surface area contributed by atoms with Crippen molar-refractivity contribution >= 4 is 27.3 Å². The van der Waals surface area contributed by atoms with Crippen LogP contribution in [0.5, 0.6) is 0 Å². The third-order valence-corrected chi connectivity index (χ3v) is 6.92. The van der Waals surface area contributed by atoms with E-state index in [0.717, 1.165) is 28.6 Å². The Morgan fingerprint density at radius 3 is 2.38 bits per heavy atom. The Balaban J connectivity index is 1.64. The van der Waals surface area contributed by atoms with Gasteiger partial charge in [0.15, 0.2) is 9.84 Å². The molecular formula is C26H24ClN3O3S. The van der Waals surface area contributed by atoms with Crippen LogP contribution >= 0.6 is 11.6 Å². The Labute approximate surface area is 204 Å². The quantitative estimate of drug-likeness (QED) is 0.366. The minimum atomic E-state index is -3.41. The Bertz CT molecular complexity index is 1430. The maximum Gasteiger partial charge on any atom is 0.253 e. The van der Waals surface area contributed by atoms with Gasteiger partial charge >= 0.3 is 0 Å². The highest BCUT2D eigenvalue weighted by Crippen LogP contribution is 2.25. The van der Waals surface area contributed by atoms with Crippen molar-refractivity contribution in [1.82, 2.24) is 14.7 Å². The molecule has 0 saturated heterocycles. The number of carbonyl (C=O) groups is 1. The first-order chi connectivity index (χ1) is 16.2. The second kappa shape index (κ2) is 9.83. The molecule has 0 unspecified atom stereocenters. The van der Waals surface area contributed by atoms with Gasteiger partial charge in [0.05, 0.1) is 17.1 Å². The molecule has 4 aromatic rings. The van der Waals surface area contributed by atoms with E-state index in [0.29, 0.717) is 23.7 Å². The van der Waals surface area contributed by atoms with Gasteiger partial charge in [-0.3, -0.25) is 9.48 Å². The molecule has 8 heteroatoms. The van der Waals surface area contributed by atoms with Gasteiger partial charge in [0.1, 0.15) is 0 Å². The van der Waals surface area contributed by atoms with Gasteiger partial charge in [0.25, 0.3) is 5.91 Å². The lowest BCUT2D eigenvalue weighted by Gasteiger charge is -2.17. The van der Waals surface area contributed by atoms with Crippen LogP contribution in [0.3, 0.4) is 0 Å². The second-order valence-corrected chi connectivity index (χ2v) is 10.5. The van der Waals surface area contributed by atoms with Crippen LogP contribution in [0, 0.1) is 0 Å². The lowest BCUT2D eigenvalue weighted by Crippen LogP contribution is -2.26. The Morgan fingerprint density at radius 2 is 1.68 bits per heavy atom. The Hall–Kier alpha value is -3.42. The van der Waals surface area contributed by atoms with E-state index >= 15 is 0 Å². The summed E-state index contributed by atoms with van der Waals surface area (Å²) in [5, 5.41) is 5.45. The summed E-state index contributed by atoms with van der Waals surface area (Å²) in [6.45, 7) is 0.794. The molecule has 0 aliphatic carbocycles. The van der Waals surface area contributed by atoms with E-state index in [4.69, 9.17) is 16.7 Å². The summed E-state index contributed by atoms with van der Waals surface area (Å²) >= 11 is 6.34. The number of benzene rings is 3. The number of rotatable bonds is 7. The molecule has 0 bridgehead atoms. The van der Waals surface area contributed by atoms with Crippen molar-refractivity contribution in [3.63, 3.8) is 0 Å². The lowest BCUT2D eigenvalue weighted by molar-refractivity contribution is 0.0785. The minimum Gasteiger partial charge on any atom is -0.337 e. The zero-order chi connectivity index (χ0) is 24.3. The highest BCUT2D eigenvalue weighted by Gasteiger charge is 2.19. The van der Waals surface area contributed by atoms with Crippen LogP contribution in [-0.4, -0.2) is 42.3 Å². The first-order valence-corrected chi connectivity index (χ1v) is 12.9. The number of sulfone groups is 1. The van der Waals surface area contributed by atoms with E-state index in [2.05, 4.69) is 0 Å². The molecule has 0 aliphatic rings. The Kier molecular flexibility index (Phi) is 6.86. The standard InChI is InChI=1S/C26H24ClN3O3S/c1-29(26(31)20-12-8-13-23(15-20)34(2,32)33)16-22-18-30(17-21-11-6-7-14-24(21)27)28-25(22)19-9-4-3-5-10-19/h3-15,18H,16-17H2,1-2H3. The summed E-state index contributed by atoms with van der Waals surface area (Å²) in [7, 11) is -1.72. The van der Waals surface area contributed by atoms with Crippen LogP contribution in [0.15, 0.2) is 90.0 Å². The monoisotopic (exact) mass is 493 g/mol. The van der Waals surface area contributed by atoms with Gasteiger partial charge in [-0.1, -0.05) is 66.2 Å². The van der Waals surface area contributed by atoms with Gasteiger partial charge in [0.2, 0.25) is 0 Å². The zero-order valence-corrected chi connectivity index (χ0v) is 20.4. The molecule has 0 spiro atoms. The minimum absolute atomic E-state index is 0.115. The van der Waals surface area contributed by atoms with Crippen molar-refractivity contribution < 1.29 is 13.2 Å². The fourth-order valence-electron chi connectivity index (χ4n) is 3.71. The normalized spacial score (nSPS) is 11.4. The third-order valence-electron chi connectivity index (χ3n) is 5.44. The molecule has 0 fully saturated rings. The number of hydrogen-bond donors (Lipinski definition) is 0. The van der Waals surface area contributed by atoms with Gasteiger partial charge < -0.3 is 4.90 Å². The number of aromatic nitrogens is 2. The lowest BCUT2D eigenvalue weighted by atomic mass is 10.1. The summed E-state index contributed by atoms with van der Waals surface area (Å²) in [6.07, 6.45) is 3.04. The molecule has 0 aliphatic heterocycles. The zero-order valence-electron chi connectivity index (χ0n) is 18.8. The van der Waals surface area contributed by atoms with Gasteiger partial charge in [-0.05, 0) is 29.8 Å². The number of carbonyl (C=O) groups excluding carboxylic acids is 1. The number of hydrogen-bond acceptors (Lipinski definition) is 4. The van der Waals surface area contributed by atoms with Gasteiger partial charge in [0, 0.05) is 47.8 Å². The summed E-state index contributed by atoms with van der Waals surface area (Å²) < 4.78 is 25.6. The summed E-state index contributed by atoms with van der Waals surface area (Å²) in [6, 6.07) is 23.5. The molecule has 1 heterocycles. The predicted molar refractivity (Wildman–Crippen MR) is 134 cm³/mol. The van der Waals surface area contributed by atoms with Crippen LogP contribution in [0.4, 0.5) is 0 Å². The second-order valence-electron chi connectivity index (χ2n) is 8.12. The molecule has 34 heavy (non-hydrogen) atoms. The first-order valence-electron chi connectivity index (χ1n) is 10.6. The Morgan fingerprint density at radius 1 is 0.971 bits per heavy atom. The van der Waals surface area contributed by atoms with E-state index in [1.165, 1.54) is 12.1 Å². The fraction of sp³-hybridized carbons (Fsp3) is 0.154. The summed E-state index contributed by atoms with van der Waals surface area (Å²) in [4.78, 5) is 14.8. The van der Waals surface area contributed by atoms with E-state index in [9.17, 15) is 13.2 Å². The molecule has 0 atom stereocenters. The van der Waals surface area contributed by atoms with Crippen LogP contribution in [0.1, 0.15) is 21.5 Å². The van der Waals surface area contributed by atoms with Crippen LogP contribution in [0.2, 0.25) is 5.02 Å². The highest BCUT2D eigenvalue weighted by molar-refractivity contribution is 7.90. The molecular weight excluding hydrogens is 470 g/mol. The molecule has 6 nitrogen and oxygen atoms in total. The van der Waals surface area contributed by atoms with Crippen molar-refractivity contribution in [2.75, 3.05) is 13.3 Å². The van der Waals surface area contributed by atoms with E-state index in [1.807, 2.05) is 65.5 Å². The van der Waals surface area contributed by atoms with E-state index in [1.54, 1.807) is 24.1 Å². The number of halogens is 1. The van der Waals surface area contributed by atoms with Crippen molar-refractivity contribution in [3.8, 4) is 11.3 Å². The van der Waals surface area contributed by atoms with Crippen molar-refractivity contribution in [1.29, 1.82) is 0 Å². The molecule has 0 saturated carbocycles. The highest BCUT2D eigenvalue weighted by atomic mass is 35.5. The number of amides is 1. The fourth-order valence-corrected chi connectivity index (χ4v) is 4.57. The maximum absolute atomic E-state index is 13.1. The molecule has 4 rings (SSSR count). The molecule has 174 valence electrons. The van der Waals surface area contributed by atoms with Gasteiger partial charge in [-0.15, -0.1) is 0 Å². The largest absolute Gasteiger partial charge is 0.337 e. The van der Waals surface area contributed by atoms with E-state index < -0.39 is 9.84 Å². The first kappa shape index (κ1) is 23.7. The van der Waals surface area contributed by atoms with Crippen molar-refractivity contribution in [3.05, 3.63) is 107 Å². The molecule has 0 N–H and O–H groups in total. The third kappa shape index (κ3) is 5.38. The van der Waals surface area contributed by atoms with Gasteiger partial charge in [-0.2, -0.15) is 5.10 Å². The summed E-state index contributed by atoms with van der Waals surface area (Å²) in [5.41, 5.74) is 3.84. The average molecular weight is 494 g/mol. The van der Waals surface area contributed by atoms with Crippen molar-refractivity contribution in [2.45, 2.75) is 18.0 Å². The SMILES string of the molecule is CN(Cc1cn(Cc2ccccc2Cl)nc1-c1ccccc1)C(=O)c1cccc(S(C)(=O)=O)c1. The van der Waals surface area contributed by atoms with Crippen LogP contribution < -0.4 is 0 Å². The maximum atomic E-state index is 13.1. The number of nitrogens with zero attached hydrogens (tertiary/aromatic N) is 3. The average Bonchev–Trinajstić information content (AvgIpc) is 3.22. The van der Waals surface area contributed by atoms with Crippen LogP contribution in [0.25, 0.3) is 11.3 Å². The van der Waals surface area contributed by atoms with E-state index in [-0.39, 0.29) is 10.8 Å². The molecule has 3 aromatic carbocycles. The van der Waals surface area contributed by atoms with Gasteiger partial charge in [-0.25, -0.2) is 8.42 Å². The van der Waals surface area contributed by atoms with Crippen molar-refractivity contribution in [2.24, 2.45) is 0 Å². The summed E-state index contributed by atoms with van der Waals surface area (Å²) in [5.74, 6) is -0.275. The van der Waals surface area contributed by atoms with Crippen LogP contribution in [-0.2, 0) is 22.9 Å². The predicted octanol–water partition coefficient (Wildman–Crippen LogP) is 4.93. The smallest absolute Gasteiger partial charge is 0.253 e. The molecule has 1 amide bonds. The molecule has 0 radical (unpaired) electrons. The topological polar surface area (TPSA) is 72.3 Å².